The summed E-state index contributed by atoms with van der Waals surface area (Å²) in [5, 5.41) is 0. The van der Waals surface area contributed by atoms with E-state index in [-0.39, 0.29) is 35.2 Å². The minimum Gasteiger partial charge on any atom is -0.468 e. The fourth-order valence-corrected chi connectivity index (χ4v) is 7.80. The third-order valence-electron chi connectivity index (χ3n) is 9.89. The second-order valence-electron chi connectivity index (χ2n) is 12.0. The Morgan fingerprint density at radius 1 is 0.923 bits per heavy atom. The molecule has 0 spiro atoms. The van der Waals surface area contributed by atoms with Gasteiger partial charge in [-0.25, -0.2) is 0 Å². The first-order chi connectivity index (χ1) is 18.8. The Labute approximate surface area is 232 Å². The van der Waals surface area contributed by atoms with Crippen molar-refractivity contribution in [3.05, 3.63) is 82.9 Å². The second-order valence-corrected chi connectivity index (χ2v) is 12.0. The molecule has 5 nitrogen and oxygen atoms in total. The molecule has 2 aromatic rings. The second kappa shape index (κ2) is 11.1. The van der Waals surface area contributed by atoms with Gasteiger partial charge >= 0.3 is 11.9 Å². The molecule has 39 heavy (non-hydrogen) atoms. The van der Waals surface area contributed by atoms with Crippen LogP contribution in [0.1, 0.15) is 86.7 Å². The Kier molecular flexibility index (Phi) is 7.80. The Balaban J connectivity index is 1.18. The van der Waals surface area contributed by atoms with E-state index in [1.165, 1.54) is 12.7 Å². The quantitative estimate of drug-likeness (QED) is 0.223. The highest BCUT2D eigenvalue weighted by molar-refractivity contribution is 6.08. The van der Waals surface area contributed by atoms with E-state index in [4.69, 9.17) is 9.47 Å². The van der Waals surface area contributed by atoms with E-state index in [2.05, 4.69) is 19.9 Å². The summed E-state index contributed by atoms with van der Waals surface area (Å²) >= 11 is 0. The van der Waals surface area contributed by atoms with Gasteiger partial charge in [0.2, 0.25) is 0 Å². The van der Waals surface area contributed by atoms with Gasteiger partial charge in [0, 0.05) is 17.5 Å². The van der Waals surface area contributed by atoms with Crippen molar-refractivity contribution in [3.63, 3.8) is 0 Å². The Morgan fingerprint density at radius 3 is 2.36 bits per heavy atom. The minimum absolute atomic E-state index is 0.00428. The monoisotopic (exact) mass is 528 g/mol. The topological polar surface area (TPSA) is 69.7 Å². The molecule has 2 aromatic carbocycles. The van der Waals surface area contributed by atoms with Crippen LogP contribution in [0.15, 0.2) is 66.2 Å². The zero-order valence-electron chi connectivity index (χ0n) is 23.4. The van der Waals surface area contributed by atoms with Crippen molar-refractivity contribution < 1.29 is 23.9 Å². The molecule has 0 bridgehead atoms. The van der Waals surface area contributed by atoms with Gasteiger partial charge in [0.15, 0.2) is 5.78 Å². The van der Waals surface area contributed by atoms with Gasteiger partial charge in [0.1, 0.15) is 6.10 Å². The van der Waals surface area contributed by atoms with E-state index in [9.17, 15) is 14.4 Å². The van der Waals surface area contributed by atoms with Gasteiger partial charge < -0.3 is 9.47 Å². The fourth-order valence-electron chi connectivity index (χ4n) is 7.80. The number of hydrogen-bond donors (Lipinski definition) is 0. The SMILES string of the molecule is COC(=O)[C@]12CCCC=C1[C@@]1(C)CC[C@@H](OC(=O)CCc3ccc(C(=O)c4ccccc4)cc3)[C@@H](C)[C@@H]1CC2. The van der Waals surface area contributed by atoms with Crippen molar-refractivity contribution in [2.24, 2.45) is 22.7 Å². The molecule has 3 aliphatic carbocycles. The Morgan fingerprint density at radius 2 is 1.64 bits per heavy atom. The molecular weight excluding hydrogens is 488 g/mol. The van der Waals surface area contributed by atoms with Crippen molar-refractivity contribution in [1.29, 1.82) is 0 Å². The van der Waals surface area contributed by atoms with E-state index in [0.29, 0.717) is 29.9 Å². The van der Waals surface area contributed by atoms with Crippen LogP contribution >= 0.6 is 0 Å². The summed E-state index contributed by atoms with van der Waals surface area (Å²) in [6, 6.07) is 16.7. The van der Waals surface area contributed by atoms with E-state index < -0.39 is 5.41 Å². The largest absolute Gasteiger partial charge is 0.468 e. The van der Waals surface area contributed by atoms with Crippen LogP contribution in [0.5, 0.6) is 0 Å². The molecule has 2 saturated carbocycles. The zero-order valence-corrected chi connectivity index (χ0v) is 23.4. The Bertz CT molecular complexity index is 1250. The zero-order chi connectivity index (χ0) is 27.6. The van der Waals surface area contributed by atoms with Gasteiger partial charge in [-0.1, -0.05) is 80.1 Å². The third-order valence-corrected chi connectivity index (χ3v) is 9.89. The number of methoxy groups -OCH3 is 1. The molecule has 3 aliphatic rings. The van der Waals surface area contributed by atoms with Crippen molar-refractivity contribution >= 4 is 17.7 Å². The first-order valence-electron chi connectivity index (χ1n) is 14.5. The molecule has 2 fully saturated rings. The van der Waals surface area contributed by atoms with Gasteiger partial charge in [-0.15, -0.1) is 0 Å². The van der Waals surface area contributed by atoms with Crippen molar-refractivity contribution in [2.45, 2.75) is 77.7 Å². The predicted molar refractivity (Wildman–Crippen MR) is 150 cm³/mol. The molecule has 5 rings (SSSR count). The third kappa shape index (κ3) is 5.08. The van der Waals surface area contributed by atoms with Crippen LogP contribution in [0.25, 0.3) is 0 Å². The molecule has 0 aromatic heterocycles. The number of rotatable bonds is 7. The molecule has 0 radical (unpaired) electrons. The minimum atomic E-state index is -0.470. The van der Waals surface area contributed by atoms with Crippen molar-refractivity contribution in [3.8, 4) is 0 Å². The molecular formula is C34H40O5. The van der Waals surface area contributed by atoms with Crippen LogP contribution in [0.4, 0.5) is 0 Å². The lowest BCUT2D eigenvalue weighted by molar-refractivity contribution is -0.163. The number of fused-ring (bicyclic) bond motifs is 3. The van der Waals surface area contributed by atoms with Gasteiger partial charge in [-0.05, 0) is 74.2 Å². The number of benzene rings is 2. The van der Waals surface area contributed by atoms with Gasteiger partial charge in [0.25, 0.3) is 0 Å². The average molecular weight is 529 g/mol. The molecule has 0 amide bonds. The maximum atomic E-state index is 13.0. The summed E-state index contributed by atoms with van der Waals surface area (Å²) in [7, 11) is 1.51. The van der Waals surface area contributed by atoms with Crippen molar-refractivity contribution in [2.75, 3.05) is 7.11 Å². The summed E-state index contributed by atoms with van der Waals surface area (Å²) < 4.78 is 11.4. The van der Waals surface area contributed by atoms with E-state index in [1.807, 2.05) is 54.6 Å². The highest BCUT2D eigenvalue weighted by atomic mass is 16.5. The number of ketones is 1. The number of aryl methyl sites for hydroxylation is 1. The first kappa shape index (κ1) is 27.4. The van der Waals surface area contributed by atoms with Crippen LogP contribution in [-0.2, 0) is 25.5 Å². The summed E-state index contributed by atoms with van der Waals surface area (Å²) in [5.41, 5.74) is 3.08. The number of hydrogen-bond acceptors (Lipinski definition) is 5. The molecule has 0 saturated heterocycles. The van der Waals surface area contributed by atoms with Gasteiger partial charge in [-0.2, -0.15) is 0 Å². The summed E-state index contributed by atoms with van der Waals surface area (Å²) in [6.45, 7) is 4.55. The van der Waals surface area contributed by atoms with E-state index in [0.717, 1.165) is 50.5 Å². The molecule has 0 aliphatic heterocycles. The number of allylic oxidation sites excluding steroid dienone is 1. The summed E-state index contributed by atoms with van der Waals surface area (Å²) in [5.74, 6) is 0.356. The fraction of sp³-hybridized carbons (Fsp3) is 0.500. The highest BCUT2D eigenvalue weighted by Gasteiger charge is 2.59. The lowest BCUT2D eigenvalue weighted by atomic mass is 9.46. The van der Waals surface area contributed by atoms with Gasteiger partial charge in [0.05, 0.1) is 12.5 Å². The molecule has 206 valence electrons. The molecule has 5 atom stereocenters. The summed E-state index contributed by atoms with van der Waals surface area (Å²) in [6.07, 6.45) is 9.54. The first-order valence-corrected chi connectivity index (χ1v) is 14.5. The maximum absolute atomic E-state index is 13.0. The van der Waals surface area contributed by atoms with Crippen LogP contribution < -0.4 is 0 Å². The van der Waals surface area contributed by atoms with Gasteiger partial charge in [-0.3, -0.25) is 14.4 Å². The molecule has 0 unspecified atom stereocenters. The van der Waals surface area contributed by atoms with E-state index in [1.54, 1.807) is 0 Å². The molecule has 5 heteroatoms. The smallest absolute Gasteiger partial charge is 0.315 e. The van der Waals surface area contributed by atoms with Crippen molar-refractivity contribution in [1.82, 2.24) is 0 Å². The lowest BCUT2D eigenvalue weighted by Crippen LogP contribution is -2.54. The van der Waals surface area contributed by atoms with Crippen LogP contribution in [-0.4, -0.2) is 30.9 Å². The van der Waals surface area contributed by atoms with Crippen LogP contribution in [0.2, 0.25) is 0 Å². The van der Waals surface area contributed by atoms with Crippen LogP contribution in [0, 0.1) is 22.7 Å². The average Bonchev–Trinajstić information content (AvgIpc) is 2.97. The molecule has 0 heterocycles. The molecule has 0 N–H and O–H groups in total. The number of carbonyl (C=O) groups is 3. The number of ether oxygens (including phenoxy) is 2. The lowest BCUT2D eigenvalue weighted by Gasteiger charge is -2.58. The normalized spacial score (nSPS) is 29.8. The van der Waals surface area contributed by atoms with Crippen LogP contribution in [0.3, 0.4) is 0 Å². The highest BCUT2D eigenvalue weighted by Crippen LogP contribution is 2.63. The predicted octanol–water partition coefficient (Wildman–Crippen LogP) is 6.88. The van der Waals surface area contributed by atoms with E-state index >= 15 is 0 Å². The summed E-state index contributed by atoms with van der Waals surface area (Å²) in [4.78, 5) is 38.5. The standard InChI is InChI=1S/C34H40O5/c1-23-27-18-22-34(32(37)38-3)20-8-7-11-29(34)33(27,2)21-19-28(23)39-30(35)17-14-24-12-15-26(16-13-24)31(36)25-9-5-4-6-10-25/h4-6,9-13,15-16,23,27-28H,7-8,14,17-22H2,1-3H3/t23-,27-,28+,33-,34-/m0/s1. The maximum Gasteiger partial charge on any atom is 0.315 e. The number of carbonyl (C=O) groups excluding carboxylic acids is 3. The Hall–Kier alpha value is -3.21. The number of esters is 2.